The lowest BCUT2D eigenvalue weighted by Gasteiger charge is -2.10. The van der Waals surface area contributed by atoms with E-state index in [1.54, 1.807) is 0 Å². The molecule has 270 valence electrons. The Kier molecular flexibility index (Phi) is 6.32. The highest BCUT2D eigenvalue weighted by Gasteiger charge is 2.23. The molecule has 0 radical (unpaired) electrons. The summed E-state index contributed by atoms with van der Waals surface area (Å²) in [6, 6.07) is 60.7. The van der Waals surface area contributed by atoms with Gasteiger partial charge in [-0.15, -0.1) is 0 Å². The van der Waals surface area contributed by atoms with E-state index in [0.717, 1.165) is 104 Å². The second kappa shape index (κ2) is 11.7. The van der Waals surface area contributed by atoms with Crippen LogP contribution in [0.4, 0.5) is 0 Å². The molecule has 8 aromatic carbocycles. The van der Waals surface area contributed by atoms with E-state index in [1.807, 2.05) is 42.5 Å². The van der Waals surface area contributed by atoms with Crippen molar-refractivity contribution in [1.29, 1.82) is 0 Å². The van der Waals surface area contributed by atoms with E-state index in [-0.39, 0.29) is 0 Å². The molecule has 0 unspecified atom stereocenters. The molecular formula is C51H29N5O2. The van der Waals surface area contributed by atoms with Gasteiger partial charge in [0.25, 0.3) is 0 Å². The van der Waals surface area contributed by atoms with Crippen LogP contribution in [0.25, 0.3) is 122 Å². The van der Waals surface area contributed by atoms with Crippen molar-refractivity contribution in [3.8, 4) is 34.4 Å². The molecule has 0 aliphatic carbocycles. The third-order valence-corrected chi connectivity index (χ3v) is 11.6. The molecule has 0 saturated heterocycles. The molecule has 7 heteroatoms. The molecule has 0 spiro atoms. The predicted octanol–water partition coefficient (Wildman–Crippen LogP) is 13.2. The maximum Gasteiger partial charge on any atom is 0.238 e. The van der Waals surface area contributed by atoms with E-state index < -0.39 is 0 Å². The van der Waals surface area contributed by atoms with Crippen molar-refractivity contribution in [1.82, 2.24) is 24.1 Å². The molecule has 58 heavy (non-hydrogen) atoms. The highest BCUT2D eigenvalue weighted by molar-refractivity contribution is 6.22. The highest BCUT2D eigenvalue weighted by Crippen LogP contribution is 2.43. The van der Waals surface area contributed by atoms with Gasteiger partial charge in [-0.1, -0.05) is 127 Å². The number of benzene rings is 8. The topological polar surface area (TPSA) is 74.8 Å². The Balaban J connectivity index is 1.04. The minimum Gasteiger partial charge on any atom is -0.454 e. The first-order chi connectivity index (χ1) is 28.8. The monoisotopic (exact) mass is 743 g/mol. The Morgan fingerprint density at radius 3 is 1.64 bits per heavy atom. The van der Waals surface area contributed by atoms with E-state index in [4.69, 9.17) is 23.8 Å². The normalized spacial score (nSPS) is 12.1. The minimum atomic E-state index is 0.552. The SMILES string of the molecule is c1ccc(-c2nc(-c3ccc4c(c3)oc3c(-n5c6ccccc6c6ccc7c8ccccc8oc7c65)cccc34)nc(-n3c4ccccc4c4ccccc43)n2)cc1. The van der Waals surface area contributed by atoms with Gasteiger partial charge in [-0.05, 0) is 48.5 Å². The molecule has 0 amide bonds. The summed E-state index contributed by atoms with van der Waals surface area (Å²) in [5.41, 5.74) is 10.1. The molecule has 0 aliphatic rings. The Labute approximate surface area is 329 Å². The van der Waals surface area contributed by atoms with Gasteiger partial charge in [0.2, 0.25) is 5.95 Å². The number of fused-ring (bicyclic) bond motifs is 13. The van der Waals surface area contributed by atoms with E-state index in [1.165, 1.54) is 0 Å². The standard InChI is InChI=1S/C51H29N5O2/c1-2-13-30(14-3-1)49-52-50(54-51(53-49)56-41-21-9-4-15-32(41)33-16-5-10-22-42(33)56)31-25-26-36-38-19-12-23-43(47(38)58-45(36)29-31)55-40-20-8-6-17-34(40)37-27-28-39-35-18-7-11-24-44(35)57-48(39)46(37)55/h1-29H. The van der Waals surface area contributed by atoms with E-state index in [2.05, 4.69) is 143 Å². The summed E-state index contributed by atoms with van der Waals surface area (Å²) < 4.78 is 18.0. The number of hydrogen-bond acceptors (Lipinski definition) is 5. The minimum absolute atomic E-state index is 0.552. The second-order valence-corrected chi connectivity index (χ2v) is 14.8. The number of para-hydroxylation sites is 5. The summed E-state index contributed by atoms with van der Waals surface area (Å²) in [7, 11) is 0. The summed E-state index contributed by atoms with van der Waals surface area (Å²) in [5, 5.41) is 8.78. The molecule has 0 bridgehead atoms. The molecule has 13 aromatic rings. The van der Waals surface area contributed by atoms with Crippen LogP contribution >= 0.6 is 0 Å². The summed E-state index contributed by atoms with van der Waals surface area (Å²) in [6.07, 6.45) is 0. The summed E-state index contributed by atoms with van der Waals surface area (Å²) >= 11 is 0. The zero-order valence-corrected chi connectivity index (χ0v) is 30.8. The van der Waals surface area contributed by atoms with E-state index in [0.29, 0.717) is 17.6 Å². The number of aromatic nitrogens is 5. The first-order valence-electron chi connectivity index (χ1n) is 19.4. The van der Waals surface area contributed by atoms with Gasteiger partial charge < -0.3 is 13.4 Å². The smallest absolute Gasteiger partial charge is 0.238 e. The summed E-state index contributed by atoms with van der Waals surface area (Å²) in [6.45, 7) is 0. The van der Waals surface area contributed by atoms with Gasteiger partial charge in [-0.25, -0.2) is 4.98 Å². The fraction of sp³-hybridized carbons (Fsp3) is 0. The molecule has 13 rings (SSSR count). The number of furan rings is 2. The van der Waals surface area contributed by atoms with Crippen molar-refractivity contribution >= 4 is 87.5 Å². The lowest BCUT2D eigenvalue weighted by molar-refractivity contribution is 0.665. The van der Waals surface area contributed by atoms with Gasteiger partial charge in [-0.2, -0.15) is 9.97 Å². The zero-order chi connectivity index (χ0) is 37.9. The van der Waals surface area contributed by atoms with Crippen LogP contribution < -0.4 is 0 Å². The molecule has 0 atom stereocenters. The molecular weight excluding hydrogens is 715 g/mol. The van der Waals surface area contributed by atoms with Crippen LogP contribution in [-0.4, -0.2) is 24.1 Å². The van der Waals surface area contributed by atoms with Gasteiger partial charge in [0.15, 0.2) is 22.8 Å². The summed E-state index contributed by atoms with van der Waals surface area (Å²) in [5.74, 6) is 1.71. The van der Waals surface area contributed by atoms with Crippen molar-refractivity contribution in [3.63, 3.8) is 0 Å². The quantitative estimate of drug-likeness (QED) is 0.179. The van der Waals surface area contributed by atoms with Crippen molar-refractivity contribution < 1.29 is 8.83 Å². The van der Waals surface area contributed by atoms with Crippen LogP contribution in [0.5, 0.6) is 0 Å². The Bertz CT molecular complexity index is 3760. The average Bonchev–Trinajstić information content (AvgIpc) is 4.04. The van der Waals surface area contributed by atoms with Gasteiger partial charge in [0, 0.05) is 54.2 Å². The van der Waals surface area contributed by atoms with E-state index >= 15 is 0 Å². The number of hydrogen-bond donors (Lipinski definition) is 0. The first kappa shape index (κ1) is 31.2. The fourth-order valence-corrected chi connectivity index (χ4v) is 9.03. The fourth-order valence-electron chi connectivity index (χ4n) is 9.03. The molecule has 0 saturated carbocycles. The van der Waals surface area contributed by atoms with Crippen molar-refractivity contribution in [2.45, 2.75) is 0 Å². The molecule has 0 N–H and O–H groups in total. The second-order valence-electron chi connectivity index (χ2n) is 14.8. The lowest BCUT2D eigenvalue weighted by Crippen LogP contribution is -2.06. The van der Waals surface area contributed by atoms with Crippen LogP contribution in [0, 0.1) is 0 Å². The molecule has 7 nitrogen and oxygen atoms in total. The Hall–Kier alpha value is -8.03. The molecule has 0 aliphatic heterocycles. The third-order valence-electron chi connectivity index (χ3n) is 11.6. The average molecular weight is 744 g/mol. The largest absolute Gasteiger partial charge is 0.454 e. The zero-order valence-electron chi connectivity index (χ0n) is 30.8. The lowest BCUT2D eigenvalue weighted by atomic mass is 10.1. The van der Waals surface area contributed by atoms with Crippen molar-refractivity contribution in [2.24, 2.45) is 0 Å². The number of nitrogens with zero attached hydrogens (tertiary/aromatic N) is 5. The maximum atomic E-state index is 6.94. The van der Waals surface area contributed by atoms with Crippen LogP contribution in [0.1, 0.15) is 0 Å². The van der Waals surface area contributed by atoms with Gasteiger partial charge in [0.1, 0.15) is 11.2 Å². The van der Waals surface area contributed by atoms with Crippen LogP contribution in [0.15, 0.2) is 185 Å². The molecule has 5 aromatic heterocycles. The van der Waals surface area contributed by atoms with Crippen molar-refractivity contribution in [3.05, 3.63) is 176 Å². The van der Waals surface area contributed by atoms with Crippen LogP contribution in [-0.2, 0) is 0 Å². The predicted molar refractivity (Wildman–Crippen MR) is 234 cm³/mol. The van der Waals surface area contributed by atoms with E-state index in [9.17, 15) is 0 Å². The van der Waals surface area contributed by atoms with Crippen LogP contribution in [0.2, 0.25) is 0 Å². The molecule has 0 fully saturated rings. The highest BCUT2D eigenvalue weighted by atomic mass is 16.3. The van der Waals surface area contributed by atoms with Gasteiger partial charge in [0.05, 0.1) is 27.8 Å². The maximum absolute atomic E-state index is 6.94. The number of rotatable bonds is 4. The third kappa shape index (κ3) is 4.35. The molecule has 5 heterocycles. The van der Waals surface area contributed by atoms with Gasteiger partial charge in [-0.3, -0.25) is 4.57 Å². The first-order valence-corrected chi connectivity index (χ1v) is 19.4. The Morgan fingerprint density at radius 2 is 0.879 bits per heavy atom. The Morgan fingerprint density at radius 1 is 0.345 bits per heavy atom. The summed E-state index contributed by atoms with van der Waals surface area (Å²) in [4.78, 5) is 15.4. The van der Waals surface area contributed by atoms with Gasteiger partial charge >= 0.3 is 0 Å². The van der Waals surface area contributed by atoms with Crippen molar-refractivity contribution in [2.75, 3.05) is 0 Å². The van der Waals surface area contributed by atoms with Crippen LogP contribution in [0.3, 0.4) is 0 Å².